The first-order valence-electron chi connectivity index (χ1n) is 8.09. The Morgan fingerprint density at radius 2 is 1.88 bits per heavy atom. The van der Waals surface area contributed by atoms with Crippen molar-refractivity contribution in [1.29, 1.82) is 0 Å². The van der Waals surface area contributed by atoms with Crippen molar-refractivity contribution < 1.29 is 24.2 Å². The van der Waals surface area contributed by atoms with Gasteiger partial charge < -0.3 is 14.6 Å². The van der Waals surface area contributed by atoms with Gasteiger partial charge in [-0.1, -0.05) is 26.8 Å². The molecule has 0 atom stereocenters. The van der Waals surface area contributed by atoms with Gasteiger partial charge in [0, 0.05) is 16.2 Å². The summed E-state index contributed by atoms with van der Waals surface area (Å²) in [6, 6.07) is 7.03. The van der Waals surface area contributed by atoms with Crippen LogP contribution >= 0.6 is 11.3 Å². The van der Waals surface area contributed by atoms with E-state index in [1.165, 1.54) is 11.3 Å². The second-order valence-corrected chi connectivity index (χ2v) is 8.06. The molecule has 1 aromatic carbocycles. The lowest BCUT2D eigenvalue weighted by Gasteiger charge is -2.13. The molecule has 0 amide bonds. The molecule has 0 aliphatic heterocycles. The van der Waals surface area contributed by atoms with Gasteiger partial charge in [-0.2, -0.15) is 0 Å². The molecule has 3 aromatic rings. The molecule has 0 aliphatic rings. The maximum absolute atomic E-state index is 11.1. The van der Waals surface area contributed by atoms with Gasteiger partial charge in [0.05, 0.1) is 5.69 Å². The van der Waals surface area contributed by atoms with Crippen LogP contribution < -0.4 is 0 Å². The predicted molar refractivity (Wildman–Crippen MR) is 98.5 cm³/mol. The fourth-order valence-electron chi connectivity index (χ4n) is 2.57. The second kappa shape index (κ2) is 6.57. The fourth-order valence-corrected chi connectivity index (χ4v) is 3.57. The average Bonchev–Trinajstić information content (AvgIpc) is 3.17. The molecule has 0 unspecified atom stereocenters. The van der Waals surface area contributed by atoms with Crippen molar-refractivity contribution >= 4 is 34.2 Å². The minimum atomic E-state index is -1.47. The van der Waals surface area contributed by atoms with Crippen molar-refractivity contribution in [2.45, 2.75) is 32.6 Å². The summed E-state index contributed by atoms with van der Waals surface area (Å²) in [4.78, 5) is 26.8. The molecule has 0 aliphatic carbocycles. The number of carboxylic acid groups (broad SMARTS) is 2. The highest BCUT2D eigenvalue weighted by Gasteiger charge is 2.26. The predicted octanol–water partition coefficient (Wildman–Crippen LogP) is 4.18. The normalized spacial score (nSPS) is 12.0. The molecular weight excluding hydrogens is 354 g/mol. The molecule has 2 heterocycles. The van der Waals surface area contributed by atoms with Gasteiger partial charge in [-0.05, 0) is 30.2 Å². The minimum absolute atomic E-state index is 0.0450. The van der Waals surface area contributed by atoms with Crippen molar-refractivity contribution in [3.63, 3.8) is 0 Å². The van der Waals surface area contributed by atoms with Gasteiger partial charge >= 0.3 is 11.9 Å². The van der Waals surface area contributed by atoms with Crippen molar-refractivity contribution in [2.75, 3.05) is 0 Å². The number of hydrogen-bond donors (Lipinski definition) is 2. The summed E-state index contributed by atoms with van der Waals surface area (Å²) < 4.78 is 5.85. The van der Waals surface area contributed by atoms with E-state index in [1.54, 1.807) is 18.2 Å². The number of furan rings is 1. The summed E-state index contributed by atoms with van der Waals surface area (Å²) in [6.07, 6.45) is -0.0768. The third-order valence-electron chi connectivity index (χ3n) is 4.10. The molecule has 6 nitrogen and oxygen atoms in total. The number of nitrogens with zero attached hydrogens (tertiary/aromatic N) is 1. The van der Waals surface area contributed by atoms with Crippen molar-refractivity contribution in [2.24, 2.45) is 5.92 Å². The molecule has 2 N–H and O–H groups in total. The number of aromatic nitrogens is 1. The lowest BCUT2D eigenvalue weighted by Crippen LogP contribution is -2.25. The van der Waals surface area contributed by atoms with Gasteiger partial charge in [0.2, 0.25) is 0 Å². The van der Waals surface area contributed by atoms with Gasteiger partial charge in [0.25, 0.3) is 0 Å². The number of benzene rings is 1. The zero-order valence-electron chi connectivity index (χ0n) is 14.6. The van der Waals surface area contributed by atoms with E-state index >= 15 is 0 Å². The maximum atomic E-state index is 11.1. The Hall–Kier alpha value is -2.67. The molecule has 26 heavy (non-hydrogen) atoms. The molecule has 136 valence electrons. The Balaban J connectivity index is 1.91. The Kier molecular flexibility index (Phi) is 4.58. The molecule has 0 radical (unpaired) electrons. The highest BCUT2D eigenvalue weighted by molar-refractivity contribution is 7.13. The first-order valence-corrected chi connectivity index (χ1v) is 8.97. The Labute approximate surface area is 154 Å². The third kappa shape index (κ3) is 3.62. The largest absolute Gasteiger partial charge is 0.481 e. The van der Waals surface area contributed by atoms with E-state index in [9.17, 15) is 9.59 Å². The zero-order valence-corrected chi connectivity index (χ0v) is 15.5. The number of hydrogen-bond acceptors (Lipinski definition) is 5. The molecular formula is C19H19NO5S. The van der Waals surface area contributed by atoms with E-state index in [1.807, 2.05) is 11.4 Å². The summed E-state index contributed by atoms with van der Waals surface area (Å²) in [7, 11) is 0. The van der Waals surface area contributed by atoms with Gasteiger partial charge in [0.1, 0.15) is 5.58 Å². The maximum Gasteiger partial charge on any atom is 0.318 e. The van der Waals surface area contributed by atoms with E-state index in [0.717, 1.165) is 16.1 Å². The SMILES string of the molecule is CC(C)(C)c1csc(-c2cc3cc(CC(C(=O)O)C(=O)O)ccc3o2)n1. The standard InChI is InChI=1S/C19H19NO5S/c1-19(2,3)15-9-26-16(20-15)14-8-11-6-10(4-5-13(11)25-14)7-12(17(21)22)18(23)24/h4-6,8-9,12H,7H2,1-3H3,(H,21,22)(H,23,24). The van der Waals surface area contributed by atoms with Crippen LogP contribution in [0, 0.1) is 5.92 Å². The fraction of sp³-hybridized carbons (Fsp3) is 0.316. The van der Waals surface area contributed by atoms with Crippen molar-refractivity contribution in [1.82, 2.24) is 4.98 Å². The van der Waals surface area contributed by atoms with Crippen LogP contribution in [0.5, 0.6) is 0 Å². The van der Waals surface area contributed by atoms with Crippen LogP contribution in [0.1, 0.15) is 32.0 Å². The van der Waals surface area contributed by atoms with Crippen molar-refractivity contribution in [3.8, 4) is 10.8 Å². The highest BCUT2D eigenvalue weighted by Crippen LogP contribution is 2.33. The first kappa shape index (κ1) is 18.1. The van der Waals surface area contributed by atoms with Crippen LogP contribution in [0.4, 0.5) is 0 Å². The molecule has 0 saturated heterocycles. The molecule has 2 aromatic heterocycles. The van der Waals surface area contributed by atoms with Crippen LogP contribution in [0.2, 0.25) is 0 Å². The van der Waals surface area contributed by atoms with Crippen molar-refractivity contribution in [3.05, 3.63) is 40.9 Å². The molecule has 0 fully saturated rings. The third-order valence-corrected chi connectivity index (χ3v) is 4.96. The molecule has 0 bridgehead atoms. The monoisotopic (exact) mass is 373 g/mol. The summed E-state index contributed by atoms with van der Waals surface area (Å²) >= 11 is 1.51. The summed E-state index contributed by atoms with van der Waals surface area (Å²) in [5.74, 6) is -3.51. The van der Waals surface area contributed by atoms with E-state index in [4.69, 9.17) is 14.6 Å². The minimum Gasteiger partial charge on any atom is -0.481 e. The van der Waals surface area contributed by atoms with Crippen LogP contribution in [0.15, 0.2) is 34.1 Å². The van der Waals surface area contributed by atoms with Gasteiger partial charge in [-0.25, -0.2) is 4.98 Å². The van der Waals surface area contributed by atoms with Crippen LogP contribution in [0.3, 0.4) is 0 Å². The molecule has 3 rings (SSSR count). The van der Waals surface area contributed by atoms with E-state index in [0.29, 0.717) is 16.9 Å². The topological polar surface area (TPSA) is 101 Å². The van der Waals surface area contributed by atoms with Gasteiger partial charge in [-0.15, -0.1) is 11.3 Å². The first-order chi connectivity index (χ1) is 12.1. The summed E-state index contributed by atoms with van der Waals surface area (Å²) in [5, 5.41) is 21.6. The lowest BCUT2D eigenvalue weighted by atomic mass is 9.93. The van der Waals surface area contributed by atoms with Crippen LogP contribution in [0.25, 0.3) is 21.7 Å². The number of rotatable bonds is 5. The highest BCUT2D eigenvalue weighted by atomic mass is 32.1. The smallest absolute Gasteiger partial charge is 0.318 e. The number of carbonyl (C=O) groups is 2. The Morgan fingerprint density at radius 3 is 2.46 bits per heavy atom. The summed E-state index contributed by atoms with van der Waals surface area (Å²) in [6.45, 7) is 6.29. The molecule has 0 spiro atoms. The zero-order chi connectivity index (χ0) is 19.1. The number of fused-ring (bicyclic) bond motifs is 1. The second-order valence-electron chi connectivity index (χ2n) is 7.20. The van der Waals surface area contributed by atoms with Gasteiger partial charge in [-0.3, -0.25) is 9.59 Å². The van der Waals surface area contributed by atoms with E-state index < -0.39 is 17.9 Å². The van der Waals surface area contributed by atoms with E-state index in [-0.39, 0.29) is 11.8 Å². The van der Waals surface area contributed by atoms with Crippen LogP contribution in [-0.4, -0.2) is 27.1 Å². The lowest BCUT2D eigenvalue weighted by molar-refractivity contribution is -0.154. The number of aliphatic carboxylic acids is 2. The number of carboxylic acids is 2. The molecule has 7 heteroatoms. The number of thiazole rings is 1. The quantitative estimate of drug-likeness (QED) is 0.651. The summed E-state index contributed by atoms with van der Waals surface area (Å²) in [5.41, 5.74) is 2.23. The average molecular weight is 373 g/mol. The Bertz CT molecular complexity index is 965. The van der Waals surface area contributed by atoms with Gasteiger partial charge in [0.15, 0.2) is 16.7 Å². The molecule has 0 saturated carbocycles. The van der Waals surface area contributed by atoms with E-state index in [2.05, 4.69) is 25.8 Å². The Morgan fingerprint density at radius 1 is 1.19 bits per heavy atom. The van der Waals surface area contributed by atoms with Crippen LogP contribution in [-0.2, 0) is 21.4 Å².